The fourth-order valence-corrected chi connectivity index (χ4v) is 2.09. The number of benzene rings is 1. The van der Waals surface area contributed by atoms with Crippen molar-refractivity contribution in [1.29, 1.82) is 0 Å². The maximum atomic E-state index is 9.17. The Labute approximate surface area is 118 Å². The minimum absolute atomic E-state index is 0.176. The molecule has 0 aliphatic heterocycles. The molecule has 0 saturated heterocycles. The third-order valence-electron chi connectivity index (χ3n) is 3.01. The Morgan fingerprint density at radius 2 is 1.95 bits per heavy atom. The van der Waals surface area contributed by atoms with E-state index >= 15 is 0 Å². The van der Waals surface area contributed by atoms with Crippen LogP contribution in [0.3, 0.4) is 0 Å². The number of halogens is 1. The van der Waals surface area contributed by atoms with Crippen LogP contribution in [0.15, 0.2) is 48.7 Å². The lowest BCUT2D eigenvalue weighted by atomic mass is 9.96. The van der Waals surface area contributed by atoms with E-state index in [-0.39, 0.29) is 12.5 Å². The van der Waals surface area contributed by atoms with E-state index in [1.165, 1.54) is 5.56 Å². The molecule has 3 nitrogen and oxygen atoms in total. The molecule has 2 N–H and O–H groups in total. The van der Waals surface area contributed by atoms with Gasteiger partial charge in [-0.1, -0.05) is 41.9 Å². The zero-order valence-electron chi connectivity index (χ0n) is 10.6. The second-order valence-electron chi connectivity index (χ2n) is 4.36. The van der Waals surface area contributed by atoms with Crippen molar-refractivity contribution in [1.82, 2.24) is 4.98 Å². The molecule has 100 valence electrons. The predicted molar refractivity (Wildman–Crippen MR) is 78.6 cm³/mol. The van der Waals surface area contributed by atoms with E-state index in [0.29, 0.717) is 5.02 Å². The van der Waals surface area contributed by atoms with Gasteiger partial charge < -0.3 is 10.4 Å². The largest absolute Gasteiger partial charge is 0.396 e. The summed E-state index contributed by atoms with van der Waals surface area (Å²) in [5, 5.41) is 13.1. The fourth-order valence-electron chi connectivity index (χ4n) is 1.98. The zero-order chi connectivity index (χ0) is 13.5. The van der Waals surface area contributed by atoms with Crippen LogP contribution in [0.2, 0.25) is 5.02 Å². The summed E-state index contributed by atoms with van der Waals surface area (Å²) in [4.78, 5) is 4.20. The lowest BCUT2D eigenvalue weighted by Crippen LogP contribution is -2.14. The van der Waals surface area contributed by atoms with E-state index in [4.69, 9.17) is 11.6 Å². The molecule has 0 spiro atoms. The van der Waals surface area contributed by atoms with Gasteiger partial charge in [-0.25, -0.2) is 4.98 Å². The summed E-state index contributed by atoms with van der Waals surface area (Å²) in [6.45, 7) is 0.911. The molecule has 19 heavy (non-hydrogen) atoms. The molecule has 0 saturated carbocycles. The van der Waals surface area contributed by atoms with Gasteiger partial charge in [0.05, 0.1) is 5.02 Å². The summed E-state index contributed by atoms with van der Waals surface area (Å²) in [6, 6.07) is 13.8. The Bertz CT molecular complexity index is 487. The lowest BCUT2D eigenvalue weighted by Gasteiger charge is -2.17. The average Bonchev–Trinajstić information content (AvgIpc) is 2.46. The van der Waals surface area contributed by atoms with E-state index in [1.54, 1.807) is 12.3 Å². The van der Waals surface area contributed by atoms with Crippen molar-refractivity contribution in [2.75, 3.05) is 18.5 Å². The minimum atomic E-state index is 0.176. The topological polar surface area (TPSA) is 45.1 Å². The number of aliphatic hydroxyl groups is 1. The van der Waals surface area contributed by atoms with E-state index in [9.17, 15) is 5.11 Å². The van der Waals surface area contributed by atoms with Crippen LogP contribution < -0.4 is 5.32 Å². The number of hydrogen-bond donors (Lipinski definition) is 2. The highest BCUT2D eigenvalue weighted by atomic mass is 35.5. The van der Waals surface area contributed by atoms with Crippen LogP contribution in [-0.2, 0) is 0 Å². The molecule has 4 heteroatoms. The molecule has 1 aromatic heterocycles. The molecular formula is C15H17ClN2O. The first-order valence-electron chi connectivity index (χ1n) is 6.31. The van der Waals surface area contributed by atoms with Gasteiger partial charge in [-0.05, 0) is 24.1 Å². The minimum Gasteiger partial charge on any atom is -0.396 e. The quantitative estimate of drug-likeness (QED) is 0.851. The molecular weight excluding hydrogens is 260 g/mol. The first-order chi connectivity index (χ1) is 9.29. The second-order valence-corrected chi connectivity index (χ2v) is 4.80. The standard InChI is InChI=1S/C15H17ClN2O/c16-14-6-7-15(18-11-14)17-10-13(8-9-19)12-4-2-1-3-5-12/h1-7,11,13,19H,8-10H2,(H,17,18). The van der Waals surface area contributed by atoms with Gasteiger partial charge in [0, 0.05) is 25.3 Å². The number of nitrogens with zero attached hydrogens (tertiary/aromatic N) is 1. The summed E-state index contributed by atoms with van der Waals surface area (Å²) in [5.41, 5.74) is 1.22. The Kier molecular flexibility index (Phi) is 5.19. The normalized spacial score (nSPS) is 12.1. The number of aromatic nitrogens is 1. The number of rotatable bonds is 6. The van der Waals surface area contributed by atoms with Crippen molar-refractivity contribution in [2.45, 2.75) is 12.3 Å². The molecule has 2 rings (SSSR count). The van der Waals surface area contributed by atoms with Crippen LogP contribution >= 0.6 is 11.6 Å². The lowest BCUT2D eigenvalue weighted by molar-refractivity contribution is 0.277. The predicted octanol–water partition coefficient (Wildman–Crippen LogP) is 3.31. The van der Waals surface area contributed by atoms with Crippen LogP contribution in [0.5, 0.6) is 0 Å². The Balaban J connectivity index is 1.99. The number of pyridine rings is 1. The van der Waals surface area contributed by atoms with Crippen molar-refractivity contribution >= 4 is 17.4 Å². The first-order valence-corrected chi connectivity index (χ1v) is 6.68. The molecule has 0 radical (unpaired) electrons. The van der Waals surface area contributed by atoms with Gasteiger partial charge in [-0.3, -0.25) is 0 Å². The van der Waals surface area contributed by atoms with Crippen molar-refractivity contribution in [3.8, 4) is 0 Å². The molecule has 1 aromatic carbocycles. The summed E-state index contributed by atoms with van der Waals surface area (Å²) in [6.07, 6.45) is 2.35. The molecule has 1 heterocycles. The summed E-state index contributed by atoms with van der Waals surface area (Å²) < 4.78 is 0. The average molecular weight is 277 g/mol. The van der Waals surface area contributed by atoms with Gasteiger partial charge in [0.1, 0.15) is 5.82 Å². The second kappa shape index (κ2) is 7.12. The van der Waals surface area contributed by atoms with E-state index < -0.39 is 0 Å². The molecule has 1 unspecified atom stereocenters. The third kappa shape index (κ3) is 4.23. The highest BCUT2D eigenvalue weighted by Gasteiger charge is 2.10. The maximum Gasteiger partial charge on any atom is 0.126 e. The van der Waals surface area contributed by atoms with Crippen molar-refractivity contribution in [3.63, 3.8) is 0 Å². The monoisotopic (exact) mass is 276 g/mol. The van der Waals surface area contributed by atoms with Crippen LogP contribution in [0.4, 0.5) is 5.82 Å². The van der Waals surface area contributed by atoms with Gasteiger partial charge in [0.15, 0.2) is 0 Å². The Morgan fingerprint density at radius 1 is 1.16 bits per heavy atom. The van der Waals surface area contributed by atoms with Crippen LogP contribution in [-0.4, -0.2) is 23.2 Å². The summed E-state index contributed by atoms with van der Waals surface area (Å²) in [7, 11) is 0. The molecule has 0 amide bonds. The highest BCUT2D eigenvalue weighted by Crippen LogP contribution is 2.20. The summed E-state index contributed by atoms with van der Waals surface area (Å²) in [5.74, 6) is 1.06. The van der Waals surface area contributed by atoms with Gasteiger partial charge >= 0.3 is 0 Å². The zero-order valence-corrected chi connectivity index (χ0v) is 11.3. The SMILES string of the molecule is OCCC(CNc1ccc(Cl)cn1)c1ccccc1. The molecule has 2 aromatic rings. The van der Waals surface area contributed by atoms with Crippen molar-refractivity contribution in [2.24, 2.45) is 0 Å². The van der Waals surface area contributed by atoms with Crippen LogP contribution in [0.1, 0.15) is 17.9 Å². The Morgan fingerprint density at radius 3 is 2.58 bits per heavy atom. The van der Waals surface area contributed by atoms with E-state index in [2.05, 4.69) is 22.4 Å². The first kappa shape index (κ1) is 13.8. The Hall–Kier alpha value is -1.58. The number of aliphatic hydroxyl groups excluding tert-OH is 1. The fraction of sp³-hybridized carbons (Fsp3) is 0.267. The van der Waals surface area contributed by atoms with Crippen LogP contribution in [0, 0.1) is 0 Å². The van der Waals surface area contributed by atoms with Gasteiger partial charge in [0.25, 0.3) is 0 Å². The van der Waals surface area contributed by atoms with Gasteiger partial charge in [0.2, 0.25) is 0 Å². The molecule has 0 fully saturated rings. The van der Waals surface area contributed by atoms with Gasteiger partial charge in [-0.2, -0.15) is 0 Å². The maximum absolute atomic E-state index is 9.17. The van der Waals surface area contributed by atoms with E-state index in [1.807, 2.05) is 24.3 Å². The van der Waals surface area contributed by atoms with E-state index in [0.717, 1.165) is 18.8 Å². The summed E-state index contributed by atoms with van der Waals surface area (Å²) >= 11 is 5.80. The van der Waals surface area contributed by atoms with Crippen LogP contribution in [0.25, 0.3) is 0 Å². The van der Waals surface area contributed by atoms with Crippen molar-refractivity contribution < 1.29 is 5.11 Å². The third-order valence-corrected chi connectivity index (χ3v) is 3.23. The molecule has 1 atom stereocenters. The number of anilines is 1. The highest BCUT2D eigenvalue weighted by molar-refractivity contribution is 6.30. The molecule has 0 aliphatic carbocycles. The van der Waals surface area contributed by atoms with Crippen molar-refractivity contribution in [3.05, 3.63) is 59.2 Å². The smallest absolute Gasteiger partial charge is 0.126 e. The number of nitrogens with one attached hydrogen (secondary N) is 1. The molecule has 0 aliphatic rings. The molecule has 0 bridgehead atoms. The van der Waals surface area contributed by atoms with Gasteiger partial charge in [-0.15, -0.1) is 0 Å². The number of hydrogen-bond acceptors (Lipinski definition) is 3.